The Balaban J connectivity index is 1.70. The summed E-state index contributed by atoms with van der Waals surface area (Å²) >= 11 is 1.81. The molecule has 0 spiro atoms. The maximum absolute atomic E-state index is 4.41. The third-order valence-corrected chi connectivity index (χ3v) is 4.31. The van der Waals surface area contributed by atoms with Gasteiger partial charge in [-0.3, -0.25) is 0 Å². The Morgan fingerprint density at radius 1 is 1.30 bits per heavy atom. The minimum absolute atomic E-state index is 0.644. The van der Waals surface area contributed by atoms with E-state index in [0.717, 1.165) is 31.1 Å². The summed E-state index contributed by atoms with van der Waals surface area (Å²) < 4.78 is 0. The SMILES string of the molecule is CCNCc1ccc(N(Cc2cccs2)C2CC2)nn1. The number of hydrogen-bond donors (Lipinski definition) is 1. The van der Waals surface area contributed by atoms with E-state index in [9.17, 15) is 0 Å². The first-order valence-electron chi connectivity index (χ1n) is 7.19. The van der Waals surface area contributed by atoms with Gasteiger partial charge in [-0.15, -0.1) is 16.4 Å². The average Bonchev–Trinajstić information content (AvgIpc) is 3.20. The number of nitrogens with zero attached hydrogens (tertiary/aromatic N) is 3. The van der Waals surface area contributed by atoms with Crippen molar-refractivity contribution in [3.63, 3.8) is 0 Å². The van der Waals surface area contributed by atoms with Gasteiger partial charge in [0.1, 0.15) is 0 Å². The Bertz CT molecular complexity index is 519. The van der Waals surface area contributed by atoms with Crippen LogP contribution in [0.3, 0.4) is 0 Å². The monoisotopic (exact) mass is 288 g/mol. The van der Waals surface area contributed by atoms with E-state index in [1.165, 1.54) is 17.7 Å². The highest BCUT2D eigenvalue weighted by Gasteiger charge is 2.30. The van der Waals surface area contributed by atoms with Crippen molar-refractivity contribution < 1.29 is 0 Å². The first-order chi connectivity index (χ1) is 9.86. The zero-order chi connectivity index (χ0) is 13.8. The van der Waals surface area contributed by atoms with E-state index >= 15 is 0 Å². The molecule has 2 aromatic rings. The van der Waals surface area contributed by atoms with Gasteiger partial charge in [0, 0.05) is 17.5 Å². The van der Waals surface area contributed by atoms with E-state index in [1.807, 2.05) is 0 Å². The van der Waals surface area contributed by atoms with Gasteiger partial charge in [0.05, 0.1) is 12.2 Å². The molecule has 4 nitrogen and oxygen atoms in total. The van der Waals surface area contributed by atoms with Gasteiger partial charge in [-0.25, -0.2) is 0 Å². The summed E-state index contributed by atoms with van der Waals surface area (Å²) in [6.45, 7) is 4.79. The van der Waals surface area contributed by atoms with E-state index in [2.05, 4.69) is 57.0 Å². The zero-order valence-electron chi connectivity index (χ0n) is 11.7. The van der Waals surface area contributed by atoms with Crippen molar-refractivity contribution in [1.29, 1.82) is 0 Å². The van der Waals surface area contributed by atoms with Crippen LogP contribution in [0.25, 0.3) is 0 Å². The van der Waals surface area contributed by atoms with E-state index in [1.54, 1.807) is 11.3 Å². The van der Waals surface area contributed by atoms with Gasteiger partial charge in [0.15, 0.2) is 5.82 Å². The van der Waals surface area contributed by atoms with Crippen LogP contribution in [-0.2, 0) is 13.1 Å². The third-order valence-electron chi connectivity index (χ3n) is 3.45. The summed E-state index contributed by atoms with van der Waals surface area (Å²) in [7, 11) is 0. The van der Waals surface area contributed by atoms with Crippen LogP contribution >= 0.6 is 11.3 Å². The molecule has 1 fully saturated rings. The lowest BCUT2D eigenvalue weighted by molar-refractivity contribution is 0.692. The van der Waals surface area contributed by atoms with Crippen molar-refractivity contribution in [2.75, 3.05) is 11.4 Å². The Morgan fingerprint density at radius 2 is 2.20 bits per heavy atom. The van der Waals surface area contributed by atoms with Crippen LogP contribution in [0.1, 0.15) is 30.3 Å². The van der Waals surface area contributed by atoms with E-state index in [4.69, 9.17) is 0 Å². The van der Waals surface area contributed by atoms with Crippen LogP contribution in [0.4, 0.5) is 5.82 Å². The molecule has 0 atom stereocenters. The Kier molecular flexibility index (Phi) is 4.28. The molecule has 5 heteroatoms. The van der Waals surface area contributed by atoms with E-state index < -0.39 is 0 Å². The average molecular weight is 288 g/mol. The normalized spacial score (nSPS) is 14.4. The third kappa shape index (κ3) is 3.35. The lowest BCUT2D eigenvalue weighted by Crippen LogP contribution is -2.26. The fraction of sp³-hybridized carbons (Fsp3) is 0.467. The number of hydrogen-bond acceptors (Lipinski definition) is 5. The number of rotatable bonds is 7. The molecular formula is C15H20N4S. The highest BCUT2D eigenvalue weighted by molar-refractivity contribution is 7.09. The van der Waals surface area contributed by atoms with Gasteiger partial charge in [-0.1, -0.05) is 13.0 Å². The lowest BCUT2D eigenvalue weighted by Gasteiger charge is -2.22. The molecule has 20 heavy (non-hydrogen) atoms. The molecule has 0 radical (unpaired) electrons. The number of anilines is 1. The second-order valence-corrected chi connectivity index (χ2v) is 6.13. The minimum Gasteiger partial charge on any atom is -0.347 e. The van der Waals surface area contributed by atoms with Crippen LogP contribution in [0.5, 0.6) is 0 Å². The summed E-state index contributed by atoms with van der Waals surface area (Å²) in [4.78, 5) is 3.77. The Hall–Kier alpha value is -1.46. The van der Waals surface area contributed by atoms with Gasteiger partial charge < -0.3 is 10.2 Å². The maximum Gasteiger partial charge on any atom is 0.151 e. The van der Waals surface area contributed by atoms with Gasteiger partial charge >= 0.3 is 0 Å². The largest absolute Gasteiger partial charge is 0.347 e. The van der Waals surface area contributed by atoms with Crippen molar-refractivity contribution in [1.82, 2.24) is 15.5 Å². The van der Waals surface area contributed by atoms with Crippen molar-refractivity contribution in [3.8, 4) is 0 Å². The number of aromatic nitrogens is 2. The molecule has 0 aliphatic heterocycles. The maximum atomic E-state index is 4.41. The predicted octanol–water partition coefficient (Wildman–Crippen LogP) is 2.82. The highest BCUT2D eigenvalue weighted by Crippen LogP contribution is 2.32. The van der Waals surface area contributed by atoms with Gasteiger partial charge in [0.25, 0.3) is 0 Å². The second kappa shape index (κ2) is 6.33. The summed E-state index contributed by atoms with van der Waals surface area (Å²) in [5, 5.41) is 14.1. The molecule has 0 amide bonds. The lowest BCUT2D eigenvalue weighted by atomic mass is 10.3. The molecule has 2 heterocycles. The highest BCUT2D eigenvalue weighted by atomic mass is 32.1. The van der Waals surface area contributed by atoms with Gasteiger partial charge in [-0.2, -0.15) is 5.10 Å². The number of thiophene rings is 1. The standard InChI is InChI=1S/C15H20N4S/c1-2-16-10-12-5-8-15(18-17-12)19(13-6-7-13)11-14-4-3-9-20-14/h3-5,8-9,13,16H,2,6-7,10-11H2,1H3. The fourth-order valence-corrected chi connectivity index (χ4v) is 2.91. The Labute approximate surface area is 123 Å². The molecule has 0 bridgehead atoms. The molecule has 3 rings (SSSR count). The molecule has 106 valence electrons. The molecule has 1 saturated carbocycles. The molecular weight excluding hydrogens is 268 g/mol. The van der Waals surface area contributed by atoms with Crippen molar-refractivity contribution in [3.05, 3.63) is 40.2 Å². The summed E-state index contributed by atoms with van der Waals surface area (Å²) in [6.07, 6.45) is 2.54. The van der Waals surface area contributed by atoms with Crippen molar-refractivity contribution in [2.24, 2.45) is 0 Å². The van der Waals surface area contributed by atoms with Crippen LogP contribution in [-0.4, -0.2) is 22.8 Å². The van der Waals surface area contributed by atoms with Gasteiger partial charge in [0.2, 0.25) is 0 Å². The molecule has 0 aromatic carbocycles. The molecule has 1 aliphatic carbocycles. The van der Waals surface area contributed by atoms with Gasteiger partial charge in [-0.05, 0) is 43.0 Å². The molecule has 0 unspecified atom stereocenters. The quantitative estimate of drug-likeness (QED) is 0.850. The van der Waals surface area contributed by atoms with Crippen molar-refractivity contribution >= 4 is 17.2 Å². The summed E-state index contributed by atoms with van der Waals surface area (Å²) in [5.74, 6) is 1.00. The number of nitrogens with one attached hydrogen (secondary N) is 1. The van der Waals surface area contributed by atoms with Crippen LogP contribution in [0.2, 0.25) is 0 Å². The van der Waals surface area contributed by atoms with Crippen LogP contribution < -0.4 is 10.2 Å². The second-order valence-electron chi connectivity index (χ2n) is 5.10. The van der Waals surface area contributed by atoms with E-state index in [-0.39, 0.29) is 0 Å². The minimum atomic E-state index is 0.644. The predicted molar refractivity (Wildman–Crippen MR) is 82.9 cm³/mol. The summed E-state index contributed by atoms with van der Waals surface area (Å²) in [5.41, 5.74) is 1.00. The van der Waals surface area contributed by atoms with Crippen LogP contribution in [0.15, 0.2) is 29.6 Å². The smallest absolute Gasteiger partial charge is 0.151 e. The topological polar surface area (TPSA) is 41.0 Å². The zero-order valence-corrected chi connectivity index (χ0v) is 12.6. The molecule has 0 saturated heterocycles. The fourth-order valence-electron chi connectivity index (χ4n) is 2.21. The van der Waals surface area contributed by atoms with Crippen LogP contribution in [0, 0.1) is 0 Å². The molecule has 2 aromatic heterocycles. The summed E-state index contributed by atoms with van der Waals surface area (Å²) in [6, 6.07) is 9.12. The first kappa shape index (κ1) is 13.5. The van der Waals surface area contributed by atoms with E-state index in [0.29, 0.717) is 6.04 Å². The first-order valence-corrected chi connectivity index (χ1v) is 8.07. The molecule has 1 N–H and O–H groups in total. The molecule has 1 aliphatic rings. The van der Waals surface area contributed by atoms with Crippen molar-refractivity contribution in [2.45, 2.75) is 38.9 Å². The Morgan fingerprint density at radius 3 is 2.80 bits per heavy atom.